The molecular weight excluding hydrogens is 487 g/mol. The van der Waals surface area contributed by atoms with Gasteiger partial charge in [0.15, 0.2) is 5.82 Å². The second-order valence-electron chi connectivity index (χ2n) is 7.00. The van der Waals surface area contributed by atoms with Gasteiger partial charge in [0.05, 0.1) is 11.3 Å². The zero-order chi connectivity index (χ0) is 24.6. The molecular formula is C19H22F3N3O6S2. The summed E-state index contributed by atoms with van der Waals surface area (Å²) in [5, 5.41) is 18.1. The number of carboxylic acids is 2. The van der Waals surface area contributed by atoms with Crippen molar-refractivity contribution >= 4 is 44.8 Å². The van der Waals surface area contributed by atoms with Gasteiger partial charge < -0.3 is 15.1 Å². The summed E-state index contributed by atoms with van der Waals surface area (Å²) in [5.41, 5.74) is 0.156. The van der Waals surface area contributed by atoms with Crippen LogP contribution in [0.15, 0.2) is 34.0 Å². The Morgan fingerprint density at radius 1 is 1.09 bits per heavy atom. The highest BCUT2D eigenvalue weighted by atomic mass is 32.2. The quantitative estimate of drug-likeness (QED) is 0.549. The van der Waals surface area contributed by atoms with Gasteiger partial charge in [-0.3, -0.25) is 4.72 Å². The number of anilines is 2. The van der Waals surface area contributed by atoms with Crippen molar-refractivity contribution in [3.05, 3.63) is 35.3 Å². The molecule has 0 aromatic carbocycles. The van der Waals surface area contributed by atoms with Crippen molar-refractivity contribution in [3.63, 3.8) is 0 Å². The molecule has 2 aromatic heterocycles. The van der Waals surface area contributed by atoms with Crippen molar-refractivity contribution in [3.8, 4) is 0 Å². The first-order valence-corrected chi connectivity index (χ1v) is 12.1. The maximum Gasteiger partial charge on any atom is 0.490 e. The molecule has 0 amide bonds. The monoisotopic (exact) mass is 509 g/mol. The zero-order valence-electron chi connectivity index (χ0n) is 17.2. The minimum absolute atomic E-state index is 0.0512. The Bertz CT molecular complexity index is 1050. The summed E-state index contributed by atoms with van der Waals surface area (Å²) in [4.78, 5) is 26.5. The third-order valence-electron chi connectivity index (χ3n) is 4.52. The zero-order valence-corrected chi connectivity index (χ0v) is 18.8. The number of thiophene rings is 1. The van der Waals surface area contributed by atoms with E-state index < -0.39 is 28.1 Å². The smallest absolute Gasteiger partial charge is 0.478 e. The number of nitrogens with zero attached hydrogens (tertiary/aromatic N) is 2. The van der Waals surface area contributed by atoms with Crippen LogP contribution in [-0.2, 0) is 14.8 Å². The van der Waals surface area contributed by atoms with Gasteiger partial charge in [0, 0.05) is 19.3 Å². The number of carboxylic acid groups (broad SMARTS) is 2. The molecule has 0 spiro atoms. The molecule has 2 aromatic rings. The molecule has 0 radical (unpaired) electrons. The van der Waals surface area contributed by atoms with E-state index in [-0.39, 0.29) is 15.5 Å². The van der Waals surface area contributed by atoms with E-state index in [2.05, 4.69) is 9.71 Å². The second kappa shape index (κ2) is 11.3. The molecule has 1 aliphatic heterocycles. The average Bonchev–Trinajstić information content (AvgIpc) is 3.23. The van der Waals surface area contributed by atoms with E-state index in [0.29, 0.717) is 5.82 Å². The predicted molar refractivity (Wildman–Crippen MR) is 115 cm³/mol. The lowest BCUT2D eigenvalue weighted by Crippen LogP contribution is -2.29. The number of hydrogen-bond donors (Lipinski definition) is 3. The Morgan fingerprint density at radius 2 is 1.67 bits per heavy atom. The van der Waals surface area contributed by atoms with Crippen molar-refractivity contribution in [1.29, 1.82) is 0 Å². The van der Waals surface area contributed by atoms with Gasteiger partial charge in [-0.15, -0.1) is 11.3 Å². The number of pyridine rings is 1. The maximum absolute atomic E-state index is 12.6. The van der Waals surface area contributed by atoms with Crippen LogP contribution in [0.1, 0.15) is 42.5 Å². The van der Waals surface area contributed by atoms with Gasteiger partial charge >= 0.3 is 18.1 Å². The van der Waals surface area contributed by atoms with E-state index >= 15 is 0 Å². The summed E-state index contributed by atoms with van der Waals surface area (Å²) in [6.45, 7) is 1.54. The van der Waals surface area contributed by atoms with E-state index in [0.717, 1.165) is 50.1 Å². The summed E-state index contributed by atoms with van der Waals surface area (Å²) < 4.78 is 59.7. The topological polar surface area (TPSA) is 137 Å². The molecule has 3 N–H and O–H groups in total. The highest BCUT2D eigenvalue weighted by Gasteiger charge is 2.38. The molecule has 0 atom stereocenters. The first kappa shape index (κ1) is 26.4. The lowest BCUT2D eigenvalue weighted by Gasteiger charge is -2.27. The maximum atomic E-state index is 12.6. The molecule has 0 saturated carbocycles. The molecule has 3 rings (SSSR count). The second-order valence-corrected chi connectivity index (χ2v) is 9.85. The van der Waals surface area contributed by atoms with Crippen LogP contribution in [0.5, 0.6) is 0 Å². The minimum atomic E-state index is -5.08. The number of hydrogen-bond acceptors (Lipinski definition) is 7. The molecule has 1 fully saturated rings. The largest absolute Gasteiger partial charge is 0.490 e. The highest BCUT2D eigenvalue weighted by molar-refractivity contribution is 7.94. The number of rotatable bonds is 5. The van der Waals surface area contributed by atoms with Crippen molar-refractivity contribution in [1.82, 2.24) is 4.98 Å². The fourth-order valence-electron chi connectivity index (χ4n) is 2.97. The molecule has 14 heteroatoms. The van der Waals surface area contributed by atoms with E-state index in [1.54, 1.807) is 11.4 Å². The molecule has 9 nitrogen and oxygen atoms in total. The Hall–Kier alpha value is -2.87. The minimum Gasteiger partial charge on any atom is -0.478 e. The molecule has 33 heavy (non-hydrogen) atoms. The first-order chi connectivity index (χ1) is 15.4. The van der Waals surface area contributed by atoms with Crippen LogP contribution >= 0.6 is 11.3 Å². The number of aromatic carboxylic acids is 1. The number of sulfonamides is 1. The van der Waals surface area contributed by atoms with E-state index in [4.69, 9.17) is 9.90 Å². The third-order valence-corrected chi connectivity index (χ3v) is 7.28. The number of aliphatic carboxylic acids is 1. The Labute approximate surface area is 191 Å². The standard InChI is InChI=1S/C17H21N3O4S2.C2HF3O2/c21-17(22)13-11-14(19-26(23,24)15-7-6-10-25-15)16(18-12-13)20-8-4-2-1-3-5-9-20;3-2(4,5)1(6)7/h6-7,10-12,19H,1-5,8-9H2,(H,21,22);(H,6,7). The number of nitrogens with one attached hydrogen (secondary N) is 1. The lowest BCUT2D eigenvalue weighted by molar-refractivity contribution is -0.192. The van der Waals surface area contributed by atoms with Gasteiger partial charge in [-0.05, 0) is 30.4 Å². The van der Waals surface area contributed by atoms with Gasteiger partial charge in [-0.1, -0.05) is 25.3 Å². The lowest BCUT2D eigenvalue weighted by atomic mass is 10.1. The summed E-state index contributed by atoms with van der Waals surface area (Å²) in [6.07, 6.45) is 1.65. The van der Waals surface area contributed by atoms with Crippen LogP contribution in [0.25, 0.3) is 0 Å². The normalized spacial score (nSPS) is 14.9. The molecule has 0 bridgehead atoms. The van der Waals surface area contributed by atoms with E-state index in [1.807, 2.05) is 4.90 Å². The fourth-order valence-corrected chi connectivity index (χ4v) is 5.02. The van der Waals surface area contributed by atoms with E-state index in [9.17, 15) is 31.5 Å². The highest BCUT2D eigenvalue weighted by Crippen LogP contribution is 2.29. The average molecular weight is 510 g/mol. The van der Waals surface area contributed by atoms with Gasteiger partial charge in [0.1, 0.15) is 4.21 Å². The first-order valence-electron chi connectivity index (χ1n) is 9.76. The molecule has 3 heterocycles. The molecule has 0 unspecified atom stereocenters. The van der Waals surface area contributed by atoms with Gasteiger partial charge in [0.2, 0.25) is 0 Å². The number of alkyl halides is 3. The van der Waals surface area contributed by atoms with Crippen molar-refractivity contribution in [2.75, 3.05) is 22.7 Å². The van der Waals surface area contributed by atoms with Crippen molar-refractivity contribution in [2.45, 2.75) is 42.5 Å². The van der Waals surface area contributed by atoms with Crippen molar-refractivity contribution in [2.24, 2.45) is 0 Å². The van der Waals surface area contributed by atoms with E-state index in [1.165, 1.54) is 24.8 Å². The molecule has 1 aliphatic rings. The molecule has 1 saturated heterocycles. The molecule has 182 valence electrons. The Kier molecular flexibility index (Phi) is 9.05. The van der Waals surface area contributed by atoms with Crippen LogP contribution in [0.4, 0.5) is 24.7 Å². The third kappa shape index (κ3) is 7.89. The summed E-state index contributed by atoms with van der Waals surface area (Å²) in [7, 11) is -3.78. The number of aromatic nitrogens is 1. The SMILES string of the molecule is O=C(O)C(F)(F)F.O=C(O)c1cnc(N2CCCCCCC2)c(NS(=O)(=O)c2cccs2)c1. The number of carbonyl (C=O) groups is 2. The van der Waals surface area contributed by atoms with Crippen LogP contribution in [0.3, 0.4) is 0 Å². The fraction of sp³-hybridized carbons (Fsp3) is 0.421. The van der Waals surface area contributed by atoms with Gasteiger partial charge in [-0.2, -0.15) is 13.2 Å². The molecule has 0 aliphatic carbocycles. The summed E-state index contributed by atoms with van der Waals surface area (Å²) in [5.74, 6) is -3.42. The van der Waals surface area contributed by atoms with Gasteiger partial charge in [-0.25, -0.2) is 23.0 Å². The van der Waals surface area contributed by atoms with Crippen molar-refractivity contribution < 1.29 is 41.4 Å². The van der Waals surface area contributed by atoms with Crippen LogP contribution < -0.4 is 9.62 Å². The van der Waals surface area contributed by atoms with Crippen LogP contribution in [0.2, 0.25) is 0 Å². The predicted octanol–water partition coefficient (Wildman–Crippen LogP) is 4.05. The Morgan fingerprint density at radius 3 is 2.15 bits per heavy atom. The van der Waals surface area contributed by atoms with Crippen LogP contribution in [-0.4, -0.2) is 54.8 Å². The summed E-state index contributed by atoms with van der Waals surface area (Å²) in [6, 6.07) is 4.51. The van der Waals surface area contributed by atoms with Gasteiger partial charge in [0.25, 0.3) is 10.0 Å². The number of halogens is 3. The summed E-state index contributed by atoms with van der Waals surface area (Å²) >= 11 is 1.11. The van der Waals surface area contributed by atoms with Crippen LogP contribution in [0, 0.1) is 0 Å². The Balaban J connectivity index is 0.000000479.